The molecule has 0 unspecified atom stereocenters. The first-order valence-corrected chi connectivity index (χ1v) is 9.13. The number of carbonyl (C=O) groups is 2. The number of piperidine rings is 1. The minimum atomic E-state index is -0.302. The van der Waals surface area contributed by atoms with Crippen LogP contribution in [0.5, 0.6) is 0 Å². The number of benzene rings is 1. The lowest BCUT2D eigenvalue weighted by atomic mass is 10.0. The van der Waals surface area contributed by atoms with E-state index in [4.69, 9.17) is 4.84 Å². The summed E-state index contributed by atoms with van der Waals surface area (Å²) in [6.07, 6.45) is 2.52. The second kappa shape index (κ2) is 13.4. The van der Waals surface area contributed by atoms with Gasteiger partial charge in [-0.25, -0.2) is 4.79 Å². The van der Waals surface area contributed by atoms with Crippen LogP contribution >= 0.6 is 37.2 Å². The maximum Gasteiger partial charge on any atom is 0.329 e. The van der Waals surface area contributed by atoms with Crippen molar-refractivity contribution in [1.29, 1.82) is 0 Å². The predicted octanol–water partition coefficient (Wildman–Crippen LogP) is 2.52. The van der Waals surface area contributed by atoms with E-state index in [0.717, 1.165) is 44.8 Å². The minimum absolute atomic E-state index is 0. The van der Waals surface area contributed by atoms with Crippen LogP contribution in [0.2, 0.25) is 0 Å². The summed E-state index contributed by atoms with van der Waals surface area (Å²) in [5, 5.41) is 5.15. The highest BCUT2D eigenvalue weighted by Crippen LogP contribution is 2.16. The summed E-state index contributed by atoms with van der Waals surface area (Å²) in [5.41, 5.74) is 1.32. The van der Waals surface area contributed by atoms with Crippen molar-refractivity contribution in [3.63, 3.8) is 0 Å². The Balaban J connectivity index is 0.00000243. The fraction of sp³-hybridized carbons (Fsp3) is 0.579. The van der Waals surface area contributed by atoms with Crippen molar-refractivity contribution < 1.29 is 14.4 Å². The lowest BCUT2D eigenvalue weighted by molar-refractivity contribution is -0.198. The Kier molecular flexibility index (Phi) is 12.9. The Labute approximate surface area is 185 Å². The van der Waals surface area contributed by atoms with E-state index in [1.807, 2.05) is 18.2 Å². The molecule has 0 amide bonds. The number of carbonyl (C=O) groups excluding carboxylic acids is 2. The summed E-state index contributed by atoms with van der Waals surface area (Å²) >= 11 is 0. The van der Waals surface area contributed by atoms with Crippen LogP contribution in [-0.2, 0) is 16.1 Å². The Hall–Kier alpha value is -0.890. The molecular weight excluding hydrogens is 425 g/mol. The normalized spacial score (nSPS) is 18.2. The molecule has 0 aromatic heterocycles. The molecule has 6 nitrogen and oxygen atoms in total. The molecule has 0 aliphatic carbocycles. The highest BCUT2D eigenvalue weighted by Gasteiger charge is 2.26. The third-order valence-electron chi connectivity index (χ3n) is 5.06. The molecule has 1 aromatic rings. The number of rotatable bonds is 5. The monoisotopic (exact) mass is 453 g/mol. The van der Waals surface area contributed by atoms with Gasteiger partial charge in [-0.05, 0) is 38.4 Å². The maximum absolute atomic E-state index is 12.2. The maximum atomic E-state index is 12.2. The van der Waals surface area contributed by atoms with Crippen molar-refractivity contribution in [3.8, 4) is 0 Å². The van der Waals surface area contributed by atoms with Crippen molar-refractivity contribution >= 4 is 49.0 Å². The first-order chi connectivity index (χ1) is 12.1. The van der Waals surface area contributed by atoms with E-state index in [1.54, 1.807) is 11.1 Å². The average molecular weight is 455 g/mol. The van der Waals surface area contributed by atoms with Gasteiger partial charge in [0, 0.05) is 37.8 Å². The first-order valence-electron chi connectivity index (χ1n) is 9.13. The van der Waals surface area contributed by atoms with Gasteiger partial charge >= 0.3 is 5.97 Å². The van der Waals surface area contributed by atoms with E-state index in [-0.39, 0.29) is 55.4 Å². The van der Waals surface area contributed by atoms with Gasteiger partial charge in [0.05, 0.1) is 6.42 Å². The van der Waals surface area contributed by atoms with Gasteiger partial charge in [-0.3, -0.25) is 9.69 Å². The average Bonchev–Trinajstić information content (AvgIpc) is 2.63. The predicted molar refractivity (Wildman–Crippen MR) is 117 cm³/mol. The Morgan fingerprint density at radius 3 is 2.25 bits per heavy atom. The summed E-state index contributed by atoms with van der Waals surface area (Å²) in [6, 6.07) is 7.87. The zero-order chi connectivity index (χ0) is 17.6. The third kappa shape index (κ3) is 7.50. The van der Waals surface area contributed by atoms with Crippen LogP contribution in [-0.4, -0.2) is 67.0 Å². The number of halogens is 3. The number of ketones is 1. The third-order valence-corrected chi connectivity index (χ3v) is 5.06. The van der Waals surface area contributed by atoms with Gasteiger partial charge in [-0.2, -0.15) is 0 Å². The molecule has 0 atom stereocenters. The molecular formula is C19H30Cl3N3O3. The zero-order valence-electron chi connectivity index (χ0n) is 16.1. The van der Waals surface area contributed by atoms with E-state index in [2.05, 4.69) is 10.2 Å². The Bertz CT molecular complexity index is 619. The summed E-state index contributed by atoms with van der Waals surface area (Å²) in [5.74, 6) is -0.331. The number of piperazine rings is 1. The van der Waals surface area contributed by atoms with Crippen molar-refractivity contribution in [2.24, 2.45) is 0 Å². The van der Waals surface area contributed by atoms with Gasteiger partial charge in [0.2, 0.25) is 0 Å². The summed E-state index contributed by atoms with van der Waals surface area (Å²) < 4.78 is 0. The van der Waals surface area contributed by atoms with Crippen LogP contribution in [0.1, 0.15) is 35.7 Å². The van der Waals surface area contributed by atoms with Gasteiger partial charge in [-0.15, -0.1) is 42.3 Å². The number of Topliss-reactive ketones (excluding diaryl/α,β-unsaturated/α-hetero) is 1. The van der Waals surface area contributed by atoms with Crippen LogP contribution in [0, 0.1) is 0 Å². The van der Waals surface area contributed by atoms with Crippen molar-refractivity contribution in [2.75, 3.05) is 39.3 Å². The number of nitrogens with one attached hydrogen (secondary N) is 1. The van der Waals surface area contributed by atoms with E-state index < -0.39 is 0 Å². The number of hydroxylamine groups is 2. The molecule has 160 valence electrons. The number of nitrogens with zero attached hydrogens (tertiary/aromatic N) is 2. The van der Waals surface area contributed by atoms with Gasteiger partial charge in [0.15, 0.2) is 5.78 Å². The second-order valence-corrected chi connectivity index (χ2v) is 6.80. The molecule has 1 N–H and O–H groups in total. The standard InChI is InChI=1S/C19H27N3O3.3ClH/c1-15(23)18-5-3-2-4-16(18)14-19(24)25-22-12-10-21(11-13-22)17-6-8-20-9-7-17;;;/h2-5,17,20H,6-14H2,1H3;3*1H. The molecule has 1 aromatic carbocycles. The second-order valence-electron chi connectivity index (χ2n) is 6.80. The molecule has 2 aliphatic rings. The molecule has 0 bridgehead atoms. The summed E-state index contributed by atoms with van der Waals surface area (Å²) in [7, 11) is 0. The quantitative estimate of drug-likeness (QED) is 0.690. The van der Waals surface area contributed by atoms with Gasteiger partial charge in [-0.1, -0.05) is 24.3 Å². The molecule has 2 saturated heterocycles. The number of hydrogen-bond acceptors (Lipinski definition) is 6. The largest absolute Gasteiger partial charge is 0.367 e. The Morgan fingerprint density at radius 2 is 1.64 bits per heavy atom. The highest BCUT2D eigenvalue weighted by molar-refractivity contribution is 5.96. The van der Waals surface area contributed by atoms with Crippen LogP contribution in [0.3, 0.4) is 0 Å². The van der Waals surface area contributed by atoms with Crippen molar-refractivity contribution in [3.05, 3.63) is 35.4 Å². The van der Waals surface area contributed by atoms with E-state index in [0.29, 0.717) is 11.6 Å². The zero-order valence-corrected chi connectivity index (χ0v) is 18.5. The molecule has 2 aliphatic heterocycles. The lowest BCUT2D eigenvalue weighted by Crippen LogP contribution is -2.53. The minimum Gasteiger partial charge on any atom is -0.367 e. The van der Waals surface area contributed by atoms with Crippen molar-refractivity contribution in [1.82, 2.24) is 15.3 Å². The van der Waals surface area contributed by atoms with Gasteiger partial charge in [0.1, 0.15) is 0 Å². The molecule has 3 rings (SSSR count). The number of hydrogen-bond donors (Lipinski definition) is 1. The van der Waals surface area contributed by atoms with Crippen molar-refractivity contribution in [2.45, 2.75) is 32.2 Å². The van der Waals surface area contributed by atoms with Crippen LogP contribution < -0.4 is 5.32 Å². The molecule has 0 radical (unpaired) electrons. The van der Waals surface area contributed by atoms with E-state index in [9.17, 15) is 9.59 Å². The van der Waals surface area contributed by atoms with Crippen LogP contribution in [0.15, 0.2) is 24.3 Å². The van der Waals surface area contributed by atoms with Gasteiger partial charge < -0.3 is 10.2 Å². The summed E-state index contributed by atoms with van der Waals surface area (Å²) in [4.78, 5) is 31.9. The fourth-order valence-corrected chi connectivity index (χ4v) is 3.68. The topological polar surface area (TPSA) is 61.9 Å². The molecule has 2 heterocycles. The highest BCUT2D eigenvalue weighted by atomic mass is 35.5. The summed E-state index contributed by atoms with van der Waals surface area (Å²) in [6.45, 7) is 7.05. The lowest BCUT2D eigenvalue weighted by Gasteiger charge is -2.39. The van der Waals surface area contributed by atoms with Crippen LogP contribution in [0.4, 0.5) is 0 Å². The first kappa shape index (κ1) is 27.1. The molecule has 2 fully saturated rings. The molecule has 28 heavy (non-hydrogen) atoms. The molecule has 0 spiro atoms. The van der Waals surface area contributed by atoms with Crippen LogP contribution in [0.25, 0.3) is 0 Å². The molecule has 0 saturated carbocycles. The van der Waals surface area contributed by atoms with E-state index >= 15 is 0 Å². The smallest absolute Gasteiger partial charge is 0.329 e. The SMILES string of the molecule is CC(=O)c1ccccc1CC(=O)ON1CCN(C2CCNCC2)CC1.Cl.Cl.Cl. The Morgan fingerprint density at radius 1 is 1.04 bits per heavy atom. The fourth-order valence-electron chi connectivity index (χ4n) is 3.68. The van der Waals surface area contributed by atoms with Gasteiger partial charge in [0.25, 0.3) is 0 Å². The molecule has 9 heteroatoms. The van der Waals surface area contributed by atoms with E-state index in [1.165, 1.54) is 19.8 Å².